The lowest BCUT2D eigenvalue weighted by atomic mass is 10.1. The molecule has 0 aliphatic carbocycles. The second-order valence-electron chi connectivity index (χ2n) is 5.03. The van der Waals surface area contributed by atoms with Crippen molar-refractivity contribution in [2.75, 3.05) is 17.2 Å². The summed E-state index contributed by atoms with van der Waals surface area (Å²) in [6.45, 7) is 6.82. The van der Waals surface area contributed by atoms with E-state index >= 15 is 0 Å². The van der Waals surface area contributed by atoms with Crippen LogP contribution in [0.1, 0.15) is 18.1 Å². The molecular formula is C15H18N8. The van der Waals surface area contributed by atoms with Gasteiger partial charge in [-0.25, -0.2) is 4.98 Å². The first-order chi connectivity index (χ1) is 11.2. The number of benzene rings is 1. The van der Waals surface area contributed by atoms with Gasteiger partial charge in [0.05, 0.1) is 0 Å². The largest absolute Gasteiger partial charge is 0.354 e. The van der Waals surface area contributed by atoms with Gasteiger partial charge in [-0.1, -0.05) is 12.1 Å². The van der Waals surface area contributed by atoms with Crippen molar-refractivity contribution in [3.63, 3.8) is 0 Å². The van der Waals surface area contributed by atoms with E-state index in [0.717, 1.165) is 11.3 Å². The Hall–Kier alpha value is -3.03. The molecule has 2 aromatic heterocycles. The van der Waals surface area contributed by atoms with Crippen molar-refractivity contribution in [3.05, 3.63) is 42.0 Å². The van der Waals surface area contributed by atoms with E-state index in [1.807, 2.05) is 19.1 Å². The van der Waals surface area contributed by atoms with Gasteiger partial charge in [-0.3, -0.25) is 0 Å². The monoisotopic (exact) mass is 310 g/mol. The maximum atomic E-state index is 4.41. The standard InChI is InChI=1S/C15H18N8/c1-4-17-13-20-14(19-12-7-5-6-10(2)11(12)3)22-15(21-13)23-9-16-8-18-23/h5-9H,4H2,1-3H3,(H2,17,19,20,21,22). The van der Waals surface area contributed by atoms with E-state index in [2.05, 4.69) is 55.6 Å². The molecule has 0 aliphatic heterocycles. The van der Waals surface area contributed by atoms with Gasteiger partial charge in [-0.2, -0.15) is 24.7 Å². The van der Waals surface area contributed by atoms with E-state index in [1.54, 1.807) is 6.33 Å². The Morgan fingerprint density at radius 1 is 1.09 bits per heavy atom. The number of nitrogens with zero attached hydrogens (tertiary/aromatic N) is 6. The summed E-state index contributed by atoms with van der Waals surface area (Å²) in [7, 11) is 0. The molecule has 0 spiro atoms. The first-order valence-electron chi connectivity index (χ1n) is 7.35. The first-order valence-corrected chi connectivity index (χ1v) is 7.35. The van der Waals surface area contributed by atoms with Gasteiger partial charge in [0.25, 0.3) is 5.95 Å². The molecule has 8 heteroatoms. The molecule has 1 aromatic carbocycles. The van der Waals surface area contributed by atoms with Gasteiger partial charge >= 0.3 is 0 Å². The Labute approximate surface area is 134 Å². The fourth-order valence-corrected chi connectivity index (χ4v) is 2.08. The third-order valence-electron chi connectivity index (χ3n) is 3.43. The van der Waals surface area contributed by atoms with E-state index in [0.29, 0.717) is 24.4 Å². The van der Waals surface area contributed by atoms with Gasteiger partial charge in [-0.15, -0.1) is 0 Å². The molecule has 0 amide bonds. The first kappa shape index (κ1) is 14.9. The minimum atomic E-state index is 0.404. The number of anilines is 3. The maximum absolute atomic E-state index is 4.41. The number of hydrogen-bond donors (Lipinski definition) is 2. The highest BCUT2D eigenvalue weighted by Gasteiger charge is 2.10. The molecule has 0 fully saturated rings. The molecule has 0 saturated carbocycles. The molecule has 0 atom stereocenters. The minimum absolute atomic E-state index is 0.404. The molecule has 8 nitrogen and oxygen atoms in total. The van der Waals surface area contributed by atoms with E-state index in [9.17, 15) is 0 Å². The third kappa shape index (κ3) is 3.25. The van der Waals surface area contributed by atoms with E-state index in [4.69, 9.17) is 0 Å². The lowest BCUT2D eigenvalue weighted by molar-refractivity contribution is 0.797. The van der Waals surface area contributed by atoms with Crippen LogP contribution in [0.5, 0.6) is 0 Å². The normalized spacial score (nSPS) is 10.6. The van der Waals surface area contributed by atoms with Crippen molar-refractivity contribution in [2.24, 2.45) is 0 Å². The molecule has 0 radical (unpaired) electrons. The zero-order chi connectivity index (χ0) is 16.2. The quantitative estimate of drug-likeness (QED) is 0.746. The van der Waals surface area contributed by atoms with Crippen LogP contribution in [0.15, 0.2) is 30.9 Å². The highest BCUT2D eigenvalue weighted by molar-refractivity contribution is 5.60. The molecule has 23 heavy (non-hydrogen) atoms. The Morgan fingerprint density at radius 3 is 2.65 bits per heavy atom. The fraction of sp³-hybridized carbons (Fsp3) is 0.267. The van der Waals surface area contributed by atoms with E-state index in [1.165, 1.54) is 16.6 Å². The second kappa shape index (κ2) is 6.39. The van der Waals surface area contributed by atoms with Crippen LogP contribution in [0.4, 0.5) is 17.6 Å². The highest BCUT2D eigenvalue weighted by Crippen LogP contribution is 2.21. The number of aromatic nitrogens is 6. The number of rotatable bonds is 5. The van der Waals surface area contributed by atoms with Crippen LogP contribution in [0.2, 0.25) is 0 Å². The second-order valence-corrected chi connectivity index (χ2v) is 5.03. The smallest absolute Gasteiger partial charge is 0.258 e. The summed E-state index contributed by atoms with van der Waals surface area (Å²) in [5, 5.41) is 10.4. The van der Waals surface area contributed by atoms with Crippen molar-refractivity contribution < 1.29 is 0 Å². The van der Waals surface area contributed by atoms with Crippen molar-refractivity contribution in [1.82, 2.24) is 29.7 Å². The maximum Gasteiger partial charge on any atom is 0.258 e. The van der Waals surface area contributed by atoms with Crippen LogP contribution in [0.25, 0.3) is 5.95 Å². The van der Waals surface area contributed by atoms with Crippen molar-refractivity contribution >= 4 is 17.6 Å². The SMILES string of the molecule is CCNc1nc(Nc2cccc(C)c2C)nc(-n2cncn2)n1. The summed E-state index contributed by atoms with van der Waals surface area (Å²) in [4.78, 5) is 17.1. The molecule has 0 saturated heterocycles. The van der Waals surface area contributed by atoms with E-state index in [-0.39, 0.29) is 0 Å². The Kier molecular flexibility index (Phi) is 4.13. The fourth-order valence-electron chi connectivity index (χ4n) is 2.08. The predicted molar refractivity (Wildman–Crippen MR) is 88.1 cm³/mol. The van der Waals surface area contributed by atoms with Crippen molar-refractivity contribution in [2.45, 2.75) is 20.8 Å². The molecule has 2 heterocycles. The highest BCUT2D eigenvalue weighted by atomic mass is 15.4. The van der Waals surface area contributed by atoms with Gasteiger partial charge in [0.1, 0.15) is 12.7 Å². The van der Waals surface area contributed by atoms with Crippen LogP contribution in [-0.2, 0) is 0 Å². The third-order valence-corrected chi connectivity index (χ3v) is 3.43. The van der Waals surface area contributed by atoms with Crippen molar-refractivity contribution in [1.29, 1.82) is 0 Å². The topological polar surface area (TPSA) is 93.4 Å². The summed E-state index contributed by atoms with van der Waals surface area (Å²) in [5.41, 5.74) is 3.32. The van der Waals surface area contributed by atoms with E-state index < -0.39 is 0 Å². The molecule has 0 bridgehead atoms. The van der Waals surface area contributed by atoms with Crippen LogP contribution >= 0.6 is 0 Å². The number of nitrogens with one attached hydrogen (secondary N) is 2. The summed E-state index contributed by atoms with van der Waals surface area (Å²) in [6, 6.07) is 6.06. The summed E-state index contributed by atoms with van der Waals surface area (Å²) in [6.07, 6.45) is 2.99. The van der Waals surface area contributed by atoms with Gasteiger partial charge in [0, 0.05) is 12.2 Å². The molecule has 118 valence electrons. The van der Waals surface area contributed by atoms with Gasteiger partial charge in [0.2, 0.25) is 11.9 Å². The van der Waals surface area contributed by atoms with Gasteiger partial charge in [-0.05, 0) is 38.0 Å². The summed E-state index contributed by atoms with van der Waals surface area (Å²) < 4.78 is 1.50. The molecule has 3 rings (SSSR count). The Bertz CT molecular complexity index is 797. The predicted octanol–water partition coefficient (Wildman–Crippen LogP) is 2.24. The van der Waals surface area contributed by atoms with Gasteiger partial charge in [0.15, 0.2) is 0 Å². The van der Waals surface area contributed by atoms with Crippen LogP contribution < -0.4 is 10.6 Å². The number of aryl methyl sites for hydroxylation is 1. The zero-order valence-corrected chi connectivity index (χ0v) is 13.3. The average molecular weight is 310 g/mol. The Balaban J connectivity index is 1.99. The Morgan fingerprint density at radius 2 is 1.91 bits per heavy atom. The van der Waals surface area contributed by atoms with Crippen LogP contribution in [0.3, 0.4) is 0 Å². The minimum Gasteiger partial charge on any atom is -0.354 e. The molecular weight excluding hydrogens is 292 g/mol. The average Bonchev–Trinajstić information content (AvgIpc) is 3.06. The molecule has 2 N–H and O–H groups in total. The van der Waals surface area contributed by atoms with Gasteiger partial charge < -0.3 is 10.6 Å². The lowest BCUT2D eigenvalue weighted by Gasteiger charge is -2.12. The molecule has 0 aliphatic rings. The zero-order valence-electron chi connectivity index (χ0n) is 13.3. The van der Waals surface area contributed by atoms with Crippen LogP contribution in [-0.4, -0.2) is 36.3 Å². The molecule has 3 aromatic rings. The summed E-state index contributed by atoms with van der Waals surface area (Å²) >= 11 is 0. The lowest BCUT2D eigenvalue weighted by Crippen LogP contribution is -2.11. The molecule has 0 unspecified atom stereocenters. The van der Waals surface area contributed by atoms with Crippen molar-refractivity contribution in [3.8, 4) is 5.95 Å². The van der Waals surface area contributed by atoms with Crippen LogP contribution in [0, 0.1) is 13.8 Å². The summed E-state index contributed by atoms with van der Waals surface area (Å²) in [5.74, 6) is 1.34. The number of hydrogen-bond acceptors (Lipinski definition) is 7.